The number of hydrogen-bond donors (Lipinski definition) is 2. The molecule has 1 saturated heterocycles. The molecule has 0 amide bonds. The normalized spacial score (nSPS) is 19.6. The molecule has 2 N–H and O–H groups in total. The van der Waals surface area contributed by atoms with Crippen LogP contribution in [0.4, 0.5) is 17.8 Å². The van der Waals surface area contributed by atoms with E-state index in [4.69, 9.17) is 9.97 Å². The van der Waals surface area contributed by atoms with Crippen LogP contribution < -0.4 is 15.5 Å². The van der Waals surface area contributed by atoms with Crippen LogP contribution in [0.3, 0.4) is 0 Å². The zero-order valence-electron chi connectivity index (χ0n) is 18.1. The highest BCUT2D eigenvalue weighted by atomic mass is 15.3. The van der Waals surface area contributed by atoms with Crippen molar-refractivity contribution in [2.24, 2.45) is 10.9 Å². The molecule has 1 aliphatic carbocycles. The number of anilines is 3. The topological polar surface area (TPSA) is 81.6 Å². The van der Waals surface area contributed by atoms with Crippen molar-refractivity contribution in [3.8, 4) is 0 Å². The van der Waals surface area contributed by atoms with E-state index in [1.807, 2.05) is 18.2 Å². The van der Waals surface area contributed by atoms with Gasteiger partial charge in [-0.15, -0.1) is 0 Å². The van der Waals surface area contributed by atoms with Gasteiger partial charge in [0, 0.05) is 26.2 Å². The summed E-state index contributed by atoms with van der Waals surface area (Å²) in [4.78, 5) is 23.4. The number of nitrogens with zero attached hydrogens (tertiary/aromatic N) is 6. The molecule has 3 heterocycles. The molecule has 0 bridgehead atoms. The number of hydrogen-bond acceptors (Lipinski definition) is 8. The molecule has 2 aliphatic heterocycles. The predicted octanol–water partition coefficient (Wildman–Crippen LogP) is 2.79. The Bertz CT molecular complexity index is 967. The Balaban J connectivity index is 1.36. The Morgan fingerprint density at radius 3 is 2.65 bits per heavy atom. The Kier molecular flexibility index (Phi) is 5.80. The molecule has 1 aromatic heterocycles. The Labute approximate surface area is 183 Å². The summed E-state index contributed by atoms with van der Waals surface area (Å²) in [6.45, 7) is 5.41. The summed E-state index contributed by atoms with van der Waals surface area (Å²) >= 11 is 0. The van der Waals surface area contributed by atoms with Gasteiger partial charge < -0.3 is 20.4 Å². The van der Waals surface area contributed by atoms with E-state index in [2.05, 4.69) is 55.7 Å². The fraction of sp³-hybridized carbons (Fsp3) is 0.478. The Hall–Kier alpha value is -3.00. The maximum atomic E-state index is 4.75. The summed E-state index contributed by atoms with van der Waals surface area (Å²) < 4.78 is 0. The maximum absolute atomic E-state index is 4.75. The summed E-state index contributed by atoms with van der Waals surface area (Å²) in [5.74, 6) is 3.43. The largest absolute Gasteiger partial charge is 0.350 e. The van der Waals surface area contributed by atoms with Crippen LogP contribution >= 0.6 is 0 Å². The molecule has 3 aliphatic rings. The highest BCUT2D eigenvalue weighted by Gasteiger charge is 2.28. The first kappa shape index (κ1) is 19.9. The number of amidine groups is 1. The van der Waals surface area contributed by atoms with Crippen molar-refractivity contribution in [2.45, 2.75) is 25.8 Å². The van der Waals surface area contributed by atoms with Gasteiger partial charge in [-0.3, -0.25) is 4.99 Å². The zero-order valence-corrected chi connectivity index (χ0v) is 18.1. The van der Waals surface area contributed by atoms with Crippen LogP contribution in [-0.2, 0) is 6.54 Å². The minimum Gasteiger partial charge on any atom is -0.350 e. The second-order valence-electron chi connectivity index (χ2n) is 8.59. The fourth-order valence-corrected chi connectivity index (χ4v) is 4.00. The van der Waals surface area contributed by atoms with Crippen LogP contribution in [0, 0.1) is 5.92 Å². The smallest absolute Gasteiger partial charge is 0.234 e. The van der Waals surface area contributed by atoms with E-state index in [0.29, 0.717) is 24.4 Å². The second-order valence-corrected chi connectivity index (χ2v) is 8.59. The van der Waals surface area contributed by atoms with Crippen LogP contribution in [0.2, 0.25) is 0 Å². The van der Waals surface area contributed by atoms with Crippen molar-refractivity contribution in [1.82, 2.24) is 19.9 Å². The van der Waals surface area contributed by atoms with Crippen LogP contribution in [-0.4, -0.2) is 65.5 Å². The molecule has 8 heteroatoms. The van der Waals surface area contributed by atoms with Crippen molar-refractivity contribution < 1.29 is 0 Å². The van der Waals surface area contributed by atoms with Crippen molar-refractivity contribution in [3.05, 3.63) is 47.5 Å². The molecule has 1 saturated carbocycles. The monoisotopic (exact) mass is 418 g/mol. The van der Waals surface area contributed by atoms with Gasteiger partial charge in [-0.1, -0.05) is 30.3 Å². The van der Waals surface area contributed by atoms with Crippen molar-refractivity contribution in [2.75, 3.05) is 55.3 Å². The summed E-state index contributed by atoms with van der Waals surface area (Å²) in [5, 5.41) is 6.70. The first-order valence-corrected chi connectivity index (χ1v) is 11.2. The number of nitrogens with one attached hydrogen (secondary N) is 2. The molecule has 5 rings (SSSR count). The van der Waals surface area contributed by atoms with E-state index in [-0.39, 0.29) is 0 Å². The van der Waals surface area contributed by atoms with E-state index in [1.54, 1.807) is 0 Å². The van der Waals surface area contributed by atoms with Crippen LogP contribution in [0.25, 0.3) is 0 Å². The van der Waals surface area contributed by atoms with Gasteiger partial charge in [0.15, 0.2) is 0 Å². The van der Waals surface area contributed by atoms with Gasteiger partial charge in [0.2, 0.25) is 17.8 Å². The third kappa shape index (κ3) is 5.19. The zero-order chi connectivity index (χ0) is 21.0. The highest BCUT2D eigenvalue weighted by Crippen LogP contribution is 2.37. The summed E-state index contributed by atoms with van der Waals surface area (Å²) in [5.41, 5.74) is 2.61. The van der Waals surface area contributed by atoms with Gasteiger partial charge in [0.25, 0.3) is 0 Å². The predicted molar refractivity (Wildman–Crippen MR) is 125 cm³/mol. The quantitative estimate of drug-likeness (QED) is 0.746. The van der Waals surface area contributed by atoms with E-state index < -0.39 is 0 Å². The number of rotatable bonds is 6. The molecule has 2 aromatic rings. The van der Waals surface area contributed by atoms with Crippen LogP contribution in [0.5, 0.6) is 0 Å². The van der Waals surface area contributed by atoms with Gasteiger partial charge >= 0.3 is 0 Å². The maximum Gasteiger partial charge on any atom is 0.234 e. The molecule has 0 radical (unpaired) electrons. The third-order valence-electron chi connectivity index (χ3n) is 6.02. The highest BCUT2D eigenvalue weighted by molar-refractivity contribution is 6.05. The standard InChI is InChI=1S/C23H30N8/c1-30-10-5-11-31(13-12-30)23-28-21(25-15-17-6-3-2-4-7-17)27-22(29-23)26-20-14-19(16-24-20)18-8-9-18/h2-4,6-7,14,18H,5,8-13,15-16H2,1H3,(H2,24,25,26,27,28,29). The van der Waals surface area contributed by atoms with E-state index in [9.17, 15) is 0 Å². The van der Waals surface area contributed by atoms with E-state index in [0.717, 1.165) is 50.9 Å². The van der Waals surface area contributed by atoms with Gasteiger partial charge in [0.1, 0.15) is 5.84 Å². The van der Waals surface area contributed by atoms with Crippen molar-refractivity contribution in [3.63, 3.8) is 0 Å². The lowest BCUT2D eigenvalue weighted by atomic mass is 10.2. The Morgan fingerprint density at radius 2 is 1.81 bits per heavy atom. The number of likely N-dealkylation sites (N-methyl/N-ethyl adjacent to an activating group) is 1. The Morgan fingerprint density at radius 1 is 0.968 bits per heavy atom. The molecule has 162 valence electrons. The average molecular weight is 419 g/mol. The second kappa shape index (κ2) is 9.01. The van der Waals surface area contributed by atoms with Crippen LogP contribution in [0.1, 0.15) is 24.8 Å². The first-order valence-electron chi connectivity index (χ1n) is 11.2. The SMILES string of the molecule is CN1CCCN(c2nc(NCc3ccccc3)nc(NC3=NCC(C4CC4)=C3)n2)CC1. The number of aliphatic imine (C=N–C) groups is 1. The molecule has 8 nitrogen and oxygen atoms in total. The minimum absolute atomic E-state index is 0.546. The lowest BCUT2D eigenvalue weighted by molar-refractivity contribution is 0.360. The summed E-state index contributed by atoms with van der Waals surface area (Å²) in [6, 6.07) is 10.3. The minimum atomic E-state index is 0.546. The number of benzene rings is 1. The number of aromatic nitrogens is 3. The van der Waals surface area contributed by atoms with E-state index in [1.165, 1.54) is 24.0 Å². The molecular formula is C23H30N8. The molecule has 0 atom stereocenters. The van der Waals surface area contributed by atoms with Crippen LogP contribution in [0.15, 0.2) is 47.0 Å². The third-order valence-corrected chi connectivity index (χ3v) is 6.02. The van der Waals surface area contributed by atoms with Gasteiger partial charge in [-0.25, -0.2) is 0 Å². The van der Waals surface area contributed by atoms with Gasteiger partial charge in [-0.05, 0) is 56.0 Å². The molecular weight excluding hydrogens is 388 g/mol. The van der Waals surface area contributed by atoms with E-state index >= 15 is 0 Å². The molecule has 2 fully saturated rings. The first-order chi connectivity index (χ1) is 15.2. The van der Waals surface area contributed by atoms with Gasteiger partial charge in [0.05, 0.1) is 6.54 Å². The molecule has 0 spiro atoms. The van der Waals surface area contributed by atoms with Crippen molar-refractivity contribution in [1.29, 1.82) is 0 Å². The molecule has 31 heavy (non-hydrogen) atoms. The fourth-order valence-electron chi connectivity index (χ4n) is 4.00. The van der Waals surface area contributed by atoms with Gasteiger partial charge in [-0.2, -0.15) is 15.0 Å². The average Bonchev–Trinajstić information content (AvgIpc) is 3.57. The molecule has 1 aromatic carbocycles. The lowest BCUT2D eigenvalue weighted by Gasteiger charge is -2.21. The summed E-state index contributed by atoms with van der Waals surface area (Å²) in [7, 11) is 2.17. The lowest BCUT2D eigenvalue weighted by Crippen LogP contribution is -2.30. The summed E-state index contributed by atoms with van der Waals surface area (Å²) in [6.07, 6.45) is 5.85. The van der Waals surface area contributed by atoms with Crippen molar-refractivity contribution >= 4 is 23.7 Å². The molecule has 0 unspecified atom stereocenters.